The molecule has 0 saturated carbocycles. The number of ether oxygens (including phenoxy) is 1. The first kappa shape index (κ1) is 13.0. The molecule has 0 aliphatic rings. The van der Waals surface area contributed by atoms with Gasteiger partial charge in [-0.25, -0.2) is 0 Å². The highest BCUT2D eigenvalue weighted by atomic mass is 16.5. The van der Waals surface area contributed by atoms with Crippen LogP contribution in [0.5, 0.6) is 11.5 Å². The van der Waals surface area contributed by atoms with E-state index in [1.807, 2.05) is 6.92 Å². The Bertz CT molecular complexity index is 416. The Morgan fingerprint density at radius 2 is 2.35 bits per heavy atom. The molecule has 1 rings (SSSR count). The summed E-state index contributed by atoms with van der Waals surface area (Å²) in [7, 11) is 1.55. The van der Waals surface area contributed by atoms with Gasteiger partial charge in [0, 0.05) is 18.8 Å². The van der Waals surface area contributed by atoms with Crippen LogP contribution in [-0.4, -0.2) is 37.4 Å². The third-order valence-corrected chi connectivity index (χ3v) is 2.07. The third kappa shape index (κ3) is 3.79. The van der Waals surface area contributed by atoms with Gasteiger partial charge in [0.2, 0.25) is 5.91 Å². The van der Waals surface area contributed by atoms with Crippen molar-refractivity contribution in [2.45, 2.75) is 6.92 Å². The van der Waals surface area contributed by atoms with Gasteiger partial charge in [-0.2, -0.15) is 0 Å². The van der Waals surface area contributed by atoms with Crippen LogP contribution in [0, 0.1) is 0 Å². The predicted molar refractivity (Wildman–Crippen MR) is 65.8 cm³/mol. The number of amides is 1. The molecule has 0 spiro atoms. The van der Waals surface area contributed by atoms with E-state index >= 15 is 0 Å². The molecule has 0 heterocycles. The van der Waals surface area contributed by atoms with Gasteiger partial charge in [-0.3, -0.25) is 9.79 Å². The van der Waals surface area contributed by atoms with Gasteiger partial charge in [0.05, 0.1) is 6.61 Å². The molecule has 0 aliphatic carbocycles. The minimum atomic E-state index is -0.179. The first-order valence-corrected chi connectivity index (χ1v) is 5.34. The van der Waals surface area contributed by atoms with Crippen LogP contribution in [0.4, 0.5) is 0 Å². The number of aromatic hydroxyl groups is 1. The lowest BCUT2D eigenvalue weighted by Gasteiger charge is -2.06. The lowest BCUT2D eigenvalue weighted by molar-refractivity contribution is -0.119. The van der Waals surface area contributed by atoms with E-state index in [9.17, 15) is 9.90 Å². The predicted octanol–water partition coefficient (Wildman–Crippen LogP) is 0.956. The number of phenols is 1. The van der Waals surface area contributed by atoms with Crippen molar-refractivity contribution < 1.29 is 14.6 Å². The van der Waals surface area contributed by atoms with Gasteiger partial charge in [-0.05, 0) is 19.1 Å². The first-order valence-electron chi connectivity index (χ1n) is 5.34. The Balaban J connectivity index is 2.77. The van der Waals surface area contributed by atoms with E-state index in [-0.39, 0.29) is 18.2 Å². The van der Waals surface area contributed by atoms with Crippen LogP contribution in [0.2, 0.25) is 0 Å². The van der Waals surface area contributed by atoms with E-state index in [4.69, 9.17) is 4.74 Å². The molecule has 92 valence electrons. The van der Waals surface area contributed by atoms with Crippen molar-refractivity contribution in [1.82, 2.24) is 5.32 Å². The molecular weight excluding hydrogens is 220 g/mol. The Morgan fingerprint density at radius 3 is 3.00 bits per heavy atom. The smallest absolute Gasteiger partial charge is 0.241 e. The Morgan fingerprint density at radius 1 is 1.59 bits per heavy atom. The highest BCUT2D eigenvalue weighted by Crippen LogP contribution is 2.28. The number of carbonyl (C=O) groups excluding carboxylic acids is 1. The number of phenolic OH excluding ortho intramolecular Hbond substituents is 1. The fourth-order valence-corrected chi connectivity index (χ4v) is 1.22. The second-order valence-electron chi connectivity index (χ2n) is 3.27. The molecule has 0 unspecified atom stereocenters. The van der Waals surface area contributed by atoms with Crippen molar-refractivity contribution in [3.8, 4) is 11.5 Å². The number of nitrogens with one attached hydrogen (secondary N) is 1. The number of benzene rings is 1. The Hall–Kier alpha value is -2.04. The minimum absolute atomic E-state index is 0.0365. The van der Waals surface area contributed by atoms with E-state index in [2.05, 4.69) is 10.3 Å². The van der Waals surface area contributed by atoms with Crippen molar-refractivity contribution in [2.24, 2.45) is 4.99 Å². The number of nitrogens with zero attached hydrogens (tertiary/aromatic N) is 1. The average molecular weight is 236 g/mol. The van der Waals surface area contributed by atoms with Crippen LogP contribution in [0.3, 0.4) is 0 Å². The van der Waals surface area contributed by atoms with Crippen LogP contribution < -0.4 is 10.1 Å². The van der Waals surface area contributed by atoms with Crippen molar-refractivity contribution >= 4 is 12.1 Å². The number of aliphatic imine (C=N–C) groups is 1. The largest absolute Gasteiger partial charge is 0.504 e. The molecule has 0 bridgehead atoms. The molecule has 0 radical (unpaired) electrons. The topological polar surface area (TPSA) is 70.9 Å². The number of rotatable bonds is 5. The average Bonchev–Trinajstić information content (AvgIpc) is 2.33. The summed E-state index contributed by atoms with van der Waals surface area (Å²) in [5.74, 6) is 0.271. The molecule has 0 fully saturated rings. The summed E-state index contributed by atoms with van der Waals surface area (Å²) < 4.78 is 5.23. The molecule has 0 aliphatic heterocycles. The van der Waals surface area contributed by atoms with Crippen LogP contribution in [0.1, 0.15) is 12.5 Å². The van der Waals surface area contributed by atoms with Crippen LogP contribution in [0.15, 0.2) is 23.2 Å². The summed E-state index contributed by atoms with van der Waals surface area (Å²) in [6, 6.07) is 5.13. The van der Waals surface area contributed by atoms with Gasteiger partial charge in [-0.1, -0.05) is 6.07 Å². The molecule has 0 saturated heterocycles. The number of likely N-dealkylation sites (N-methyl/N-ethyl adjacent to an activating group) is 1. The number of hydrogen-bond acceptors (Lipinski definition) is 4. The molecule has 2 N–H and O–H groups in total. The van der Waals surface area contributed by atoms with E-state index in [1.54, 1.807) is 25.2 Å². The Kier molecular flexibility index (Phi) is 5.00. The third-order valence-electron chi connectivity index (χ3n) is 2.07. The zero-order valence-electron chi connectivity index (χ0n) is 9.93. The standard InChI is InChI=1S/C12H16N2O3/c1-3-17-10-6-4-5-9(12(10)16)7-14-8-11(15)13-2/h4-7,16H,3,8H2,1-2H3,(H,13,15). The van der Waals surface area contributed by atoms with Gasteiger partial charge in [0.25, 0.3) is 0 Å². The van der Waals surface area contributed by atoms with Crippen molar-refractivity contribution in [3.05, 3.63) is 23.8 Å². The summed E-state index contributed by atoms with van der Waals surface area (Å²) in [6.07, 6.45) is 1.45. The van der Waals surface area contributed by atoms with Gasteiger partial charge in [0.15, 0.2) is 11.5 Å². The second-order valence-corrected chi connectivity index (χ2v) is 3.27. The van der Waals surface area contributed by atoms with E-state index in [0.29, 0.717) is 17.9 Å². The van der Waals surface area contributed by atoms with Gasteiger partial charge >= 0.3 is 0 Å². The van der Waals surface area contributed by atoms with Gasteiger partial charge in [-0.15, -0.1) is 0 Å². The summed E-state index contributed by atoms with van der Waals surface area (Å²) in [5, 5.41) is 12.3. The zero-order chi connectivity index (χ0) is 12.7. The Labute approximate surface area is 100 Å². The minimum Gasteiger partial charge on any atom is -0.504 e. The molecule has 0 aromatic heterocycles. The lowest BCUT2D eigenvalue weighted by atomic mass is 10.2. The lowest BCUT2D eigenvalue weighted by Crippen LogP contribution is -2.20. The van der Waals surface area contributed by atoms with E-state index in [0.717, 1.165) is 0 Å². The molecular formula is C12H16N2O3. The molecule has 5 heteroatoms. The van der Waals surface area contributed by atoms with Gasteiger partial charge in [0.1, 0.15) is 6.54 Å². The van der Waals surface area contributed by atoms with Crippen LogP contribution in [-0.2, 0) is 4.79 Å². The molecule has 17 heavy (non-hydrogen) atoms. The quantitative estimate of drug-likeness (QED) is 0.748. The first-order chi connectivity index (χ1) is 8.19. The number of hydrogen-bond donors (Lipinski definition) is 2. The maximum Gasteiger partial charge on any atom is 0.241 e. The normalized spacial score (nSPS) is 10.5. The van der Waals surface area contributed by atoms with Crippen LogP contribution >= 0.6 is 0 Å². The second kappa shape index (κ2) is 6.52. The van der Waals surface area contributed by atoms with Crippen molar-refractivity contribution in [3.63, 3.8) is 0 Å². The SMILES string of the molecule is CCOc1cccc(C=NCC(=O)NC)c1O. The summed E-state index contributed by atoms with van der Waals surface area (Å²) >= 11 is 0. The molecule has 1 aromatic rings. The monoisotopic (exact) mass is 236 g/mol. The summed E-state index contributed by atoms with van der Waals surface area (Å²) in [6.45, 7) is 2.35. The summed E-state index contributed by atoms with van der Waals surface area (Å²) in [4.78, 5) is 14.9. The molecule has 1 aromatic carbocycles. The summed E-state index contributed by atoms with van der Waals surface area (Å²) in [5.41, 5.74) is 0.528. The van der Waals surface area contributed by atoms with E-state index in [1.165, 1.54) is 6.21 Å². The van der Waals surface area contributed by atoms with Crippen molar-refractivity contribution in [1.29, 1.82) is 0 Å². The zero-order valence-corrected chi connectivity index (χ0v) is 9.93. The fourth-order valence-electron chi connectivity index (χ4n) is 1.22. The number of para-hydroxylation sites is 1. The number of carbonyl (C=O) groups is 1. The van der Waals surface area contributed by atoms with E-state index < -0.39 is 0 Å². The highest BCUT2D eigenvalue weighted by molar-refractivity contribution is 5.87. The molecule has 5 nitrogen and oxygen atoms in total. The molecule has 1 amide bonds. The maximum atomic E-state index is 10.9. The molecule has 0 atom stereocenters. The highest BCUT2D eigenvalue weighted by Gasteiger charge is 2.05. The van der Waals surface area contributed by atoms with Crippen molar-refractivity contribution in [2.75, 3.05) is 20.2 Å². The van der Waals surface area contributed by atoms with Gasteiger partial charge < -0.3 is 15.2 Å². The van der Waals surface area contributed by atoms with Crippen LogP contribution in [0.25, 0.3) is 0 Å². The fraction of sp³-hybridized carbons (Fsp3) is 0.333. The maximum absolute atomic E-state index is 10.9.